The van der Waals surface area contributed by atoms with E-state index < -0.39 is 0 Å². The Bertz CT molecular complexity index is 1630. The zero-order chi connectivity index (χ0) is 36.6. The Labute approximate surface area is 308 Å². The topological polar surface area (TPSA) is 67.3 Å². The molecule has 2 aromatic carbocycles. The number of aryl methyl sites for hydroxylation is 1. The zero-order valence-corrected chi connectivity index (χ0v) is 31.8. The van der Waals surface area contributed by atoms with Gasteiger partial charge in [-0.3, -0.25) is 14.9 Å². The summed E-state index contributed by atoms with van der Waals surface area (Å²) in [6, 6.07) is 17.3. The molecule has 4 rings (SSSR count). The first-order valence-electron chi connectivity index (χ1n) is 18.6. The van der Waals surface area contributed by atoms with Crippen LogP contribution in [0, 0.1) is 5.92 Å². The Morgan fingerprint density at radius 2 is 1.92 bits per heavy atom. The summed E-state index contributed by atoms with van der Waals surface area (Å²) < 4.78 is 0. The molecule has 51 heavy (non-hydrogen) atoms. The number of benzene rings is 2. The van der Waals surface area contributed by atoms with Crippen LogP contribution in [0.5, 0.6) is 0 Å². The molecular formula is C44H61N7. The number of aliphatic imine (C=N–C) groups is 2. The Hall–Kier alpha value is -4.62. The molecule has 0 amide bonds. The molecule has 7 nitrogen and oxygen atoms in total. The largest absolute Gasteiger partial charge is 0.379 e. The molecule has 1 unspecified atom stereocenters. The van der Waals surface area contributed by atoms with Crippen molar-refractivity contribution >= 4 is 17.2 Å². The maximum atomic E-state index is 4.87. The quantitative estimate of drug-likeness (QED) is 0.101. The van der Waals surface area contributed by atoms with Crippen molar-refractivity contribution in [2.24, 2.45) is 15.9 Å². The highest BCUT2D eigenvalue weighted by Gasteiger charge is 2.22. The fraction of sp³-hybridized carbons (Fsp3) is 0.409. The van der Waals surface area contributed by atoms with Gasteiger partial charge in [0.15, 0.2) is 0 Å². The van der Waals surface area contributed by atoms with E-state index >= 15 is 0 Å². The van der Waals surface area contributed by atoms with Gasteiger partial charge in [0.05, 0.1) is 25.7 Å². The van der Waals surface area contributed by atoms with Crippen LogP contribution in [0.4, 0.5) is 0 Å². The van der Waals surface area contributed by atoms with Crippen LogP contribution in [-0.4, -0.2) is 74.8 Å². The molecule has 2 aliphatic rings. The first-order chi connectivity index (χ1) is 24.7. The van der Waals surface area contributed by atoms with Crippen LogP contribution in [0.25, 0.3) is 5.57 Å². The lowest BCUT2D eigenvalue weighted by Crippen LogP contribution is -2.39. The molecule has 0 spiro atoms. The average Bonchev–Trinajstić information content (AvgIpc) is 3.13. The number of nitrogens with zero attached hydrogens (tertiary/aromatic N) is 4. The van der Waals surface area contributed by atoms with Gasteiger partial charge >= 0.3 is 0 Å². The SMILES string of the molecule is C=CNC(C(=C)N(CCC)C/C(=N/C)NCc1ccc2c(c1)CCC1=C/C(=C)CN/C(CN(C)CC(C)C)=N\C/C=C\C/C=C\12)c1ccccc1. The lowest BCUT2D eigenvalue weighted by atomic mass is 9.81. The van der Waals surface area contributed by atoms with Crippen molar-refractivity contribution < 1.29 is 0 Å². The summed E-state index contributed by atoms with van der Waals surface area (Å²) in [6.07, 6.45) is 14.7. The van der Waals surface area contributed by atoms with Crippen LogP contribution in [0.3, 0.4) is 0 Å². The minimum atomic E-state index is -0.0567. The molecule has 3 N–H and O–H groups in total. The van der Waals surface area contributed by atoms with E-state index in [4.69, 9.17) is 4.99 Å². The predicted octanol–water partition coefficient (Wildman–Crippen LogP) is 7.85. The Kier molecular flexibility index (Phi) is 15.6. The molecule has 0 saturated carbocycles. The van der Waals surface area contributed by atoms with E-state index in [1.807, 2.05) is 13.1 Å². The second kappa shape index (κ2) is 20.3. The van der Waals surface area contributed by atoms with Gasteiger partial charge in [-0.25, -0.2) is 0 Å². The molecule has 0 fully saturated rings. The van der Waals surface area contributed by atoms with Crippen molar-refractivity contribution in [3.63, 3.8) is 0 Å². The number of rotatable bonds is 15. The summed E-state index contributed by atoms with van der Waals surface area (Å²) in [5, 5.41) is 10.6. The Morgan fingerprint density at radius 3 is 2.65 bits per heavy atom. The van der Waals surface area contributed by atoms with Gasteiger partial charge in [-0.05, 0) is 83.8 Å². The predicted molar refractivity (Wildman–Crippen MR) is 220 cm³/mol. The molecular weight excluding hydrogens is 627 g/mol. The van der Waals surface area contributed by atoms with Crippen LogP contribution < -0.4 is 16.0 Å². The van der Waals surface area contributed by atoms with E-state index in [9.17, 15) is 0 Å². The standard InChI is InChI=1S/C44H61N7/c1-9-25-51(35(6)44(46-10-2)37-17-13-11-14-18-37)32-42(45-7)49-29-36-20-23-41-39(27-36)22-21-38-26-34(5)28-48-43(31-50(8)30-33(3)4)47-24-16-12-15-19-40(38)41/h10-14,16-20,23,26-27,33,44,46H,2,5-6,9,15,21-22,24-25,28-32H2,1,3-4,7-8H3,(H,45,49)(H,47,48)/b16-12-,38-26-,40-19+. The smallest absolute Gasteiger partial charge is 0.116 e. The van der Waals surface area contributed by atoms with Gasteiger partial charge in [0.25, 0.3) is 0 Å². The fourth-order valence-corrected chi connectivity index (χ4v) is 6.85. The van der Waals surface area contributed by atoms with Gasteiger partial charge in [-0.1, -0.05) is 113 Å². The van der Waals surface area contributed by atoms with Gasteiger partial charge in [-0.2, -0.15) is 0 Å². The first kappa shape index (κ1) is 39.2. The van der Waals surface area contributed by atoms with E-state index in [2.05, 4.69) is 145 Å². The number of likely N-dealkylation sites (N-methyl/N-ethyl adjacent to an activating group) is 1. The summed E-state index contributed by atoms with van der Waals surface area (Å²) in [6.45, 7) is 25.0. The van der Waals surface area contributed by atoms with Gasteiger partial charge < -0.3 is 20.9 Å². The molecule has 0 saturated heterocycles. The molecule has 272 valence electrons. The van der Waals surface area contributed by atoms with E-state index in [0.717, 1.165) is 73.8 Å². The van der Waals surface area contributed by atoms with Crippen molar-refractivity contribution in [2.45, 2.75) is 59.0 Å². The molecule has 1 atom stereocenters. The number of allylic oxidation sites excluding steroid dienone is 4. The number of fused-ring (bicyclic) bond motifs is 3. The third-order valence-electron chi connectivity index (χ3n) is 9.23. The van der Waals surface area contributed by atoms with Gasteiger partial charge in [-0.15, -0.1) is 0 Å². The van der Waals surface area contributed by atoms with Crippen molar-refractivity contribution in [1.29, 1.82) is 0 Å². The number of amidine groups is 2. The Morgan fingerprint density at radius 1 is 1.12 bits per heavy atom. The average molecular weight is 688 g/mol. The highest BCUT2D eigenvalue weighted by molar-refractivity contribution is 5.86. The van der Waals surface area contributed by atoms with Crippen LogP contribution in [0.1, 0.15) is 68.3 Å². The Balaban J connectivity index is 1.44. The second-order valence-corrected chi connectivity index (χ2v) is 14.0. The second-order valence-electron chi connectivity index (χ2n) is 14.0. The minimum Gasteiger partial charge on any atom is -0.379 e. The summed E-state index contributed by atoms with van der Waals surface area (Å²) in [7, 11) is 4.02. The van der Waals surface area contributed by atoms with E-state index in [0.29, 0.717) is 32.1 Å². The van der Waals surface area contributed by atoms with E-state index in [1.165, 1.54) is 27.8 Å². The lowest BCUT2D eigenvalue weighted by Gasteiger charge is -2.32. The molecule has 0 radical (unpaired) electrons. The van der Waals surface area contributed by atoms with E-state index in [-0.39, 0.29) is 6.04 Å². The number of nitrogens with one attached hydrogen (secondary N) is 3. The normalized spacial score (nSPS) is 19.5. The first-order valence-corrected chi connectivity index (χ1v) is 18.6. The van der Waals surface area contributed by atoms with Crippen molar-refractivity contribution in [3.05, 3.63) is 138 Å². The van der Waals surface area contributed by atoms with Crippen LogP contribution >= 0.6 is 0 Å². The van der Waals surface area contributed by atoms with Crippen LogP contribution in [0.2, 0.25) is 0 Å². The number of hydrogen-bond donors (Lipinski definition) is 3. The molecule has 1 aliphatic carbocycles. The van der Waals surface area contributed by atoms with Gasteiger partial charge in [0.2, 0.25) is 0 Å². The third-order valence-corrected chi connectivity index (χ3v) is 9.23. The van der Waals surface area contributed by atoms with Crippen molar-refractivity contribution in [2.75, 3.05) is 53.4 Å². The fourth-order valence-electron chi connectivity index (χ4n) is 6.85. The molecule has 2 aromatic rings. The number of hydrogen-bond acceptors (Lipinski definition) is 6. The van der Waals surface area contributed by atoms with Crippen molar-refractivity contribution in [3.8, 4) is 0 Å². The van der Waals surface area contributed by atoms with Gasteiger partial charge in [0.1, 0.15) is 11.7 Å². The lowest BCUT2D eigenvalue weighted by molar-refractivity contribution is 0.330. The van der Waals surface area contributed by atoms with E-state index in [1.54, 1.807) is 6.20 Å². The third kappa shape index (κ3) is 12.0. The summed E-state index contributed by atoms with van der Waals surface area (Å²) >= 11 is 0. The van der Waals surface area contributed by atoms with Crippen LogP contribution in [0.15, 0.2) is 126 Å². The maximum absolute atomic E-state index is 4.87. The summed E-state index contributed by atoms with van der Waals surface area (Å²) in [5.41, 5.74) is 9.89. The highest BCUT2D eigenvalue weighted by atomic mass is 15.2. The molecule has 0 aromatic heterocycles. The molecule has 1 heterocycles. The maximum Gasteiger partial charge on any atom is 0.116 e. The molecule has 1 aliphatic heterocycles. The van der Waals surface area contributed by atoms with Crippen LogP contribution in [-0.2, 0) is 13.0 Å². The molecule has 7 heteroatoms. The highest BCUT2D eigenvalue weighted by Crippen LogP contribution is 2.36. The summed E-state index contributed by atoms with van der Waals surface area (Å²) in [4.78, 5) is 14.2. The molecule has 0 bridgehead atoms. The van der Waals surface area contributed by atoms with Crippen molar-refractivity contribution in [1.82, 2.24) is 25.8 Å². The zero-order valence-electron chi connectivity index (χ0n) is 31.8. The monoisotopic (exact) mass is 687 g/mol. The van der Waals surface area contributed by atoms with Gasteiger partial charge in [0, 0.05) is 38.9 Å². The minimum absolute atomic E-state index is 0.0567. The summed E-state index contributed by atoms with van der Waals surface area (Å²) in [5.74, 6) is 2.57.